The van der Waals surface area contributed by atoms with Crippen LogP contribution < -0.4 is 10.6 Å². The molecule has 0 saturated heterocycles. The lowest BCUT2D eigenvalue weighted by molar-refractivity contribution is 0.0953. The largest absolute Gasteiger partial charge is 0.384 e. The molecule has 0 saturated carbocycles. The van der Waals surface area contributed by atoms with Gasteiger partial charge < -0.3 is 10.6 Å². The van der Waals surface area contributed by atoms with Crippen LogP contribution in [-0.4, -0.2) is 19.0 Å². The molecular weight excluding hydrogens is 212 g/mol. The molecule has 1 aromatic carbocycles. The minimum atomic E-state index is -0.0169. The van der Waals surface area contributed by atoms with Crippen molar-refractivity contribution in [1.29, 1.82) is 0 Å². The van der Waals surface area contributed by atoms with E-state index in [1.165, 1.54) is 5.56 Å². The summed E-state index contributed by atoms with van der Waals surface area (Å²) in [5.41, 5.74) is 3.10. The van der Waals surface area contributed by atoms with Crippen molar-refractivity contribution in [1.82, 2.24) is 5.32 Å². The molecular formula is C14H16N2O. The van der Waals surface area contributed by atoms with Gasteiger partial charge in [0.15, 0.2) is 0 Å². The molecule has 0 bridgehead atoms. The van der Waals surface area contributed by atoms with Gasteiger partial charge >= 0.3 is 0 Å². The maximum absolute atomic E-state index is 11.8. The molecule has 0 atom stereocenters. The average Bonchev–Trinajstić information content (AvgIpc) is 2.81. The molecule has 17 heavy (non-hydrogen) atoms. The van der Waals surface area contributed by atoms with Gasteiger partial charge in [0.05, 0.1) is 0 Å². The molecule has 2 N–H and O–H groups in total. The van der Waals surface area contributed by atoms with Crippen molar-refractivity contribution in [2.24, 2.45) is 0 Å². The summed E-state index contributed by atoms with van der Waals surface area (Å²) in [5.74, 6) is 2.54. The summed E-state index contributed by atoms with van der Waals surface area (Å²) in [5, 5.41) is 6.14. The highest BCUT2D eigenvalue weighted by Crippen LogP contribution is 2.22. The zero-order chi connectivity index (χ0) is 12.1. The van der Waals surface area contributed by atoms with E-state index < -0.39 is 0 Å². The lowest BCUT2D eigenvalue weighted by Crippen LogP contribution is -2.24. The Labute approximate surface area is 102 Å². The first kappa shape index (κ1) is 11.5. The molecule has 3 heteroatoms. The third kappa shape index (κ3) is 2.79. The number of unbranched alkanes of at least 4 members (excludes halogenated alkanes) is 1. The maximum atomic E-state index is 11.8. The summed E-state index contributed by atoms with van der Waals surface area (Å²) in [4.78, 5) is 11.8. The SMILES string of the molecule is C#CCCCNC(=O)c1ccc2c(c1)CCN2. The topological polar surface area (TPSA) is 41.1 Å². The number of hydrogen-bond donors (Lipinski definition) is 2. The van der Waals surface area contributed by atoms with Crippen LogP contribution in [0.1, 0.15) is 28.8 Å². The van der Waals surface area contributed by atoms with Crippen molar-refractivity contribution in [2.45, 2.75) is 19.3 Å². The van der Waals surface area contributed by atoms with E-state index >= 15 is 0 Å². The van der Waals surface area contributed by atoms with Gasteiger partial charge in [-0.1, -0.05) is 0 Å². The Morgan fingerprint density at radius 2 is 2.41 bits per heavy atom. The van der Waals surface area contributed by atoms with Gasteiger partial charge in [0.25, 0.3) is 5.91 Å². The zero-order valence-electron chi connectivity index (χ0n) is 9.75. The predicted molar refractivity (Wildman–Crippen MR) is 69.0 cm³/mol. The summed E-state index contributed by atoms with van der Waals surface area (Å²) in [6, 6.07) is 5.79. The molecule has 1 heterocycles. The first-order valence-corrected chi connectivity index (χ1v) is 5.90. The Balaban J connectivity index is 1.93. The Bertz CT molecular complexity index is 460. The van der Waals surface area contributed by atoms with Crippen LogP contribution in [0.4, 0.5) is 5.69 Å². The van der Waals surface area contributed by atoms with Crippen LogP contribution in [-0.2, 0) is 6.42 Å². The van der Waals surface area contributed by atoms with Gasteiger partial charge in [-0.3, -0.25) is 4.79 Å². The standard InChI is InChI=1S/C14H16N2O/c1-2-3-4-8-16-14(17)12-5-6-13-11(10-12)7-9-15-13/h1,5-6,10,15H,3-4,7-9H2,(H,16,17). The number of anilines is 1. The maximum Gasteiger partial charge on any atom is 0.251 e. The Hall–Kier alpha value is -1.95. The summed E-state index contributed by atoms with van der Waals surface area (Å²) in [6.07, 6.45) is 7.67. The first-order chi connectivity index (χ1) is 8.31. The summed E-state index contributed by atoms with van der Waals surface area (Å²) in [6.45, 7) is 1.60. The fraction of sp³-hybridized carbons (Fsp3) is 0.357. The lowest BCUT2D eigenvalue weighted by atomic mass is 10.1. The summed E-state index contributed by atoms with van der Waals surface area (Å²) in [7, 11) is 0. The monoisotopic (exact) mass is 228 g/mol. The molecule has 0 fully saturated rings. The van der Waals surface area contributed by atoms with Crippen LogP contribution in [0.2, 0.25) is 0 Å². The van der Waals surface area contributed by atoms with E-state index in [1.807, 2.05) is 18.2 Å². The van der Waals surface area contributed by atoms with Crippen molar-refractivity contribution in [3.8, 4) is 12.3 Å². The second-order valence-electron chi connectivity index (χ2n) is 4.11. The van der Waals surface area contributed by atoms with Gasteiger partial charge in [-0.15, -0.1) is 12.3 Å². The van der Waals surface area contributed by atoms with E-state index in [0.717, 1.165) is 30.6 Å². The predicted octanol–water partition coefficient (Wildman–Crippen LogP) is 1.80. The van der Waals surface area contributed by atoms with E-state index in [0.29, 0.717) is 13.0 Å². The van der Waals surface area contributed by atoms with Crippen LogP contribution >= 0.6 is 0 Å². The molecule has 0 aromatic heterocycles. The first-order valence-electron chi connectivity index (χ1n) is 5.90. The average molecular weight is 228 g/mol. The van der Waals surface area contributed by atoms with Crippen LogP contribution in [0.25, 0.3) is 0 Å². The van der Waals surface area contributed by atoms with Crippen molar-refractivity contribution in [3.05, 3.63) is 29.3 Å². The highest BCUT2D eigenvalue weighted by molar-refractivity contribution is 5.95. The van der Waals surface area contributed by atoms with E-state index in [-0.39, 0.29) is 5.91 Å². The third-order valence-electron chi connectivity index (χ3n) is 2.86. The molecule has 1 aromatic rings. The third-order valence-corrected chi connectivity index (χ3v) is 2.86. The second kappa shape index (κ2) is 5.40. The molecule has 0 radical (unpaired) electrons. The molecule has 1 aliphatic heterocycles. The Kier molecular flexibility index (Phi) is 3.66. The van der Waals surface area contributed by atoms with Crippen molar-refractivity contribution >= 4 is 11.6 Å². The number of benzene rings is 1. The number of carbonyl (C=O) groups excluding carboxylic acids is 1. The van der Waals surface area contributed by atoms with Crippen LogP contribution in [0, 0.1) is 12.3 Å². The summed E-state index contributed by atoms with van der Waals surface area (Å²) >= 11 is 0. The summed E-state index contributed by atoms with van der Waals surface area (Å²) < 4.78 is 0. The van der Waals surface area contributed by atoms with Crippen LogP contribution in [0.3, 0.4) is 0 Å². The molecule has 0 unspecified atom stereocenters. The van der Waals surface area contributed by atoms with Crippen LogP contribution in [0.5, 0.6) is 0 Å². The normalized spacial score (nSPS) is 12.4. The smallest absolute Gasteiger partial charge is 0.251 e. The minimum Gasteiger partial charge on any atom is -0.384 e. The number of carbonyl (C=O) groups is 1. The second-order valence-corrected chi connectivity index (χ2v) is 4.11. The van der Waals surface area contributed by atoms with E-state index in [9.17, 15) is 4.79 Å². The van der Waals surface area contributed by atoms with Crippen LogP contribution in [0.15, 0.2) is 18.2 Å². The molecule has 0 aliphatic carbocycles. The van der Waals surface area contributed by atoms with Gasteiger partial charge in [0, 0.05) is 30.8 Å². The van der Waals surface area contributed by atoms with E-state index in [1.54, 1.807) is 0 Å². The number of nitrogens with one attached hydrogen (secondary N) is 2. The van der Waals surface area contributed by atoms with Crippen molar-refractivity contribution in [3.63, 3.8) is 0 Å². The van der Waals surface area contributed by atoms with Crippen molar-refractivity contribution in [2.75, 3.05) is 18.4 Å². The number of hydrogen-bond acceptors (Lipinski definition) is 2. The molecule has 1 aliphatic rings. The van der Waals surface area contributed by atoms with Gasteiger partial charge in [0.2, 0.25) is 0 Å². The van der Waals surface area contributed by atoms with Gasteiger partial charge in [-0.05, 0) is 36.6 Å². The minimum absolute atomic E-state index is 0.0169. The zero-order valence-corrected chi connectivity index (χ0v) is 9.75. The molecule has 0 spiro atoms. The van der Waals surface area contributed by atoms with Gasteiger partial charge in [0.1, 0.15) is 0 Å². The highest BCUT2D eigenvalue weighted by Gasteiger charge is 2.12. The van der Waals surface area contributed by atoms with Gasteiger partial charge in [-0.2, -0.15) is 0 Å². The highest BCUT2D eigenvalue weighted by atomic mass is 16.1. The number of amides is 1. The quantitative estimate of drug-likeness (QED) is 0.609. The van der Waals surface area contributed by atoms with E-state index in [2.05, 4.69) is 16.6 Å². The van der Waals surface area contributed by atoms with E-state index in [4.69, 9.17) is 6.42 Å². The molecule has 2 rings (SSSR count). The Morgan fingerprint density at radius 3 is 3.24 bits per heavy atom. The molecule has 1 amide bonds. The lowest BCUT2D eigenvalue weighted by Gasteiger charge is -2.06. The fourth-order valence-corrected chi connectivity index (χ4v) is 1.94. The van der Waals surface area contributed by atoms with Crippen molar-refractivity contribution < 1.29 is 4.79 Å². The Morgan fingerprint density at radius 1 is 1.53 bits per heavy atom. The fourth-order valence-electron chi connectivity index (χ4n) is 1.94. The number of rotatable bonds is 4. The molecule has 3 nitrogen and oxygen atoms in total. The van der Waals surface area contributed by atoms with Gasteiger partial charge in [-0.25, -0.2) is 0 Å². The molecule has 88 valence electrons. The number of fused-ring (bicyclic) bond motifs is 1. The number of terminal acetylenes is 1.